The third-order valence-corrected chi connectivity index (χ3v) is 9.66. The average Bonchev–Trinajstić information content (AvgIpc) is 3.03. The first-order valence-electron chi connectivity index (χ1n) is 14.6. The maximum absolute atomic E-state index is 14.5. The second kappa shape index (κ2) is 15.0. The zero-order valence-corrected chi connectivity index (χ0v) is 26.8. The molecular weight excluding hydrogens is 594 g/mol. The van der Waals surface area contributed by atoms with Gasteiger partial charge in [0.15, 0.2) is 0 Å². The van der Waals surface area contributed by atoms with Gasteiger partial charge in [-0.05, 0) is 61.7 Å². The number of halogens is 1. The van der Waals surface area contributed by atoms with Crippen LogP contribution in [0.1, 0.15) is 37.0 Å². The number of carbonyl (C=O) groups excluding carboxylic acids is 2. The lowest BCUT2D eigenvalue weighted by Gasteiger charge is -2.34. The SMILES string of the molecule is CCC(C)NC(=O)C(Cc1ccccc1)N(Cc1ccccc1Cl)C(=O)CN(c1ccc(C)cc1)S(=O)(=O)c1ccccc1. The summed E-state index contributed by atoms with van der Waals surface area (Å²) in [5, 5.41) is 3.48. The Morgan fingerprint density at radius 2 is 1.43 bits per heavy atom. The monoisotopic (exact) mass is 631 g/mol. The van der Waals surface area contributed by atoms with Gasteiger partial charge in [0.05, 0.1) is 10.6 Å². The van der Waals surface area contributed by atoms with Crippen molar-refractivity contribution in [2.24, 2.45) is 0 Å². The maximum Gasteiger partial charge on any atom is 0.264 e. The van der Waals surface area contributed by atoms with Crippen molar-refractivity contribution in [2.75, 3.05) is 10.8 Å². The predicted octanol–water partition coefficient (Wildman–Crippen LogP) is 6.40. The standard InChI is InChI=1S/C35H38ClN3O4S/c1-4-27(3)37-35(41)33(23-28-13-7-5-8-14-28)38(24-29-15-11-12-18-32(29)36)34(40)25-39(30-21-19-26(2)20-22-30)44(42,43)31-16-9-6-10-17-31/h5-22,27,33H,4,23-25H2,1-3H3,(H,37,41). The first-order valence-corrected chi connectivity index (χ1v) is 16.4. The Bertz CT molecular complexity index is 1650. The van der Waals surface area contributed by atoms with E-state index in [4.69, 9.17) is 11.6 Å². The second-order valence-electron chi connectivity index (χ2n) is 10.8. The van der Waals surface area contributed by atoms with Crippen LogP contribution in [0.3, 0.4) is 0 Å². The normalized spacial score (nSPS) is 12.6. The summed E-state index contributed by atoms with van der Waals surface area (Å²) in [6.45, 7) is 5.27. The van der Waals surface area contributed by atoms with E-state index in [1.54, 1.807) is 60.7 Å². The molecule has 4 aromatic rings. The molecule has 44 heavy (non-hydrogen) atoms. The summed E-state index contributed by atoms with van der Waals surface area (Å²) in [7, 11) is -4.15. The summed E-state index contributed by atoms with van der Waals surface area (Å²) in [6.07, 6.45) is 0.939. The van der Waals surface area contributed by atoms with Crippen LogP contribution in [0.2, 0.25) is 5.02 Å². The maximum atomic E-state index is 14.5. The molecule has 0 aliphatic carbocycles. The van der Waals surface area contributed by atoms with E-state index in [2.05, 4.69) is 5.32 Å². The number of aryl methyl sites for hydroxylation is 1. The highest BCUT2D eigenvalue weighted by molar-refractivity contribution is 7.92. The topological polar surface area (TPSA) is 86.8 Å². The number of amides is 2. The van der Waals surface area contributed by atoms with E-state index in [9.17, 15) is 18.0 Å². The number of hydrogen-bond donors (Lipinski definition) is 1. The first kappa shape index (κ1) is 32.8. The zero-order chi connectivity index (χ0) is 31.7. The molecule has 0 bridgehead atoms. The molecular formula is C35H38ClN3O4S. The number of benzene rings is 4. The molecule has 0 saturated heterocycles. The van der Waals surface area contributed by atoms with Crippen molar-refractivity contribution < 1.29 is 18.0 Å². The van der Waals surface area contributed by atoms with Gasteiger partial charge in [0, 0.05) is 24.0 Å². The van der Waals surface area contributed by atoms with Crippen molar-refractivity contribution in [3.05, 3.63) is 131 Å². The van der Waals surface area contributed by atoms with Crippen LogP contribution in [0.25, 0.3) is 0 Å². The third kappa shape index (κ3) is 8.27. The quantitative estimate of drug-likeness (QED) is 0.185. The van der Waals surface area contributed by atoms with E-state index < -0.39 is 28.5 Å². The van der Waals surface area contributed by atoms with Crippen molar-refractivity contribution >= 4 is 39.1 Å². The summed E-state index contributed by atoms with van der Waals surface area (Å²) in [5.41, 5.74) is 2.79. The lowest BCUT2D eigenvalue weighted by Crippen LogP contribution is -2.54. The highest BCUT2D eigenvalue weighted by Gasteiger charge is 2.35. The van der Waals surface area contributed by atoms with Gasteiger partial charge in [0.25, 0.3) is 10.0 Å². The van der Waals surface area contributed by atoms with E-state index in [-0.39, 0.29) is 29.8 Å². The second-order valence-corrected chi connectivity index (χ2v) is 13.1. The van der Waals surface area contributed by atoms with E-state index in [0.717, 1.165) is 15.4 Å². The number of rotatable bonds is 13. The van der Waals surface area contributed by atoms with Crippen molar-refractivity contribution in [2.45, 2.75) is 57.1 Å². The minimum absolute atomic E-state index is 0.0110. The van der Waals surface area contributed by atoms with Crippen molar-refractivity contribution in [3.63, 3.8) is 0 Å². The van der Waals surface area contributed by atoms with Crippen LogP contribution >= 0.6 is 11.6 Å². The largest absolute Gasteiger partial charge is 0.352 e. The molecule has 0 aliphatic heterocycles. The minimum atomic E-state index is -4.15. The van der Waals surface area contributed by atoms with Gasteiger partial charge in [-0.3, -0.25) is 13.9 Å². The third-order valence-electron chi connectivity index (χ3n) is 7.50. The Morgan fingerprint density at radius 3 is 2.05 bits per heavy atom. The number of nitrogens with one attached hydrogen (secondary N) is 1. The molecule has 2 unspecified atom stereocenters. The number of anilines is 1. The fourth-order valence-corrected chi connectivity index (χ4v) is 6.40. The van der Waals surface area contributed by atoms with Gasteiger partial charge in [0.1, 0.15) is 12.6 Å². The van der Waals surface area contributed by atoms with Crippen LogP contribution in [0.5, 0.6) is 0 Å². The van der Waals surface area contributed by atoms with E-state index in [1.807, 2.05) is 57.2 Å². The lowest BCUT2D eigenvalue weighted by molar-refractivity contribution is -0.140. The molecule has 9 heteroatoms. The van der Waals surface area contributed by atoms with E-state index in [1.165, 1.54) is 17.0 Å². The van der Waals surface area contributed by atoms with Gasteiger partial charge in [0.2, 0.25) is 11.8 Å². The Hall–Kier alpha value is -4.14. The van der Waals surface area contributed by atoms with Crippen LogP contribution in [0, 0.1) is 6.92 Å². The number of nitrogens with zero attached hydrogens (tertiary/aromatic N) is 2. The minimum Gasteiger partial charge on any atom is -0.352 e. The van der Waals surface area contributed by atoms with Crippen LogP contribution in [0.4, 0.5) is 5.69 Å². The van der Waals surface area contributed by atoms with Gasteiger partial charge in [-0.2, -0.15) is 0 Å². The molecule has 230 valence electrons. The lowest BCUT2D eigenvalue weighted by atomic mass is 10.0. The van der Waals surface area contributed by atoms with Gasteiger partial charge in [-0.25, -0.2) is 8.42 Å². The van der Waals surface area contributed by atoms with Crippen molar-refractivity contribution in [1.29, 1.82) is 0 Å². The molecule has 0 aromatic heterocycles. The van der Waals surface area contributed by atoms with Gasteiger partial charge in [-0.15, -0.1) is 0 Å². The molecule has 0 heterocycles. The Kier molecular flexibility index (Phi) is 11.2. The summed E-state index contributed by atoms with van der Waals surface area (Å²) in [4.78, 5) is 29.9. The predicted molar refractivity (Wildman–Crippen MR) is 176 cm³/mol. The number of carbonyl (C=O) groups is 2. The first-order chi connectivity index (χ1) is 21.1. The van der Waals surface area contributed by atoms with Crippen LogP contribution in [-0.2, 0) is 32.6 Å². The van der Waals surface area contributed by atoms with E-state index >= 15 is 0 Å². The average molecular weight is 632 g/mol. The number of hydrogen-bond acceptors (Lipinski definition) is 4. The number of sulfonamides is 1. The Balaban J connectivity index is 1.80. The van der Waals surface area contributed by atoms with Crippen molar-refractivity contribution in [1.82, 2.24) is 10.2 Å². The fourth-order valence-electron chi connectivity index (χ4n) is 4.76. The van der Waals surface area contributed by atoms with Crippen LogP contribution in [-0.4, -0.2) is 43.8 Å². The molecule has 4 rings (SSSR count). The summed E-state index contributed by atoms with van der Waals surface area (Å²) >= 11 is 6.55. The van der Waals surface area contributed by atoms with Crippen LogP contribution < -0.4 is 9.62 Å². The molecule has 0 aliphatic rings. The molecule has 0 fully saturated rings. The summed E-state index contributed by atoms with van der Waals surface area (Å²) in [6, 6.07) is 30.5. The summed E-state index contributed by atoms with van der Waals surface area (Å²) < 4.78 is 29.2. The van der Waals surface area contributed by atoms with Gasteiger partial charge >= 0.3 is 0 Å². The fraction of sp³-hybridized carbons (Fsp3) is 0.257. The zero-order valence-electron chi connectivity index (χ0n) is 25.2. The summed E-state index contributed by atoms with van der Waals surface area (Å²) in [5.74, 6) is -0.860. The highest BCUT2D eigenvalue weighted by atomic mass is 35.5. The molecule has 0 spiro atoms. The van der Waals surface area contributed by atoms with Crippen LogP contribution in [0.15, 0.2) is 114 Å². The van der Waals surface area contributed by atoms with E-state index in [0.29, 0.717) is 22.7 Å². The Morgan fingerprint density at radius 1 is 0.841 bits per heavy atom. The smallest absolute Gasteiger partial charge is 0.264 e. The Labute approximate surface area is 265 Å². The van der Waals surface area contributed by atoms with Gasteiger partial charge in [-0.1, -0.05) is 103 Å². The molecule has 1 N–H and O–H groups in total. The molecule has 2 atom stereocenters. The van der Waals surface area contributed by atoms with Crippen molar-refractivity contribution in [3.8, 4) is 0 Å². The molecule has 0 saturated carbocycles. The molecule has 4 aromatic carbocycles. The van der Waals surface area contributed by atoms with Gasteiger partial charge < -0.3 is 10.2 Å². The highest BCUT2D eigenvalue weighted by Crippen LogP contribution is 2.26. The molecule has 7 nitrogen and oxygen atoms in total. The molecule has 2 amide bonds. The molecule has 0 radical (unpaired) electrons.